The molecule has 0 unspecified atom stereocenters. The summed E-state index contributed by atoms with van der Waals surface area (Å²) in [6, 6.07) is 11.7. The van der Waals surface area contributed by atoms with Crippen LogP contribution in [0.5, 0.6) is 0 Å². The third-order valence-electron chi connectivity index (χ3n) is 5.57. The molecule has 2 amide bonds. The van der Waals surface area contributed by atoms with Gasteiger partial charge in [0.1, 0.15) is 11.5 Å². The molecular weight excluding hydrogens is 471 g/mol. The van der Waals surface area contributed by atoms with Gasteiger partial charge in [-0.25, -0.2) is 17.8 Å². The van der Waals surface area contributed by atoms with E-state index in [4.69, 9.17) is 11.6 Å². The van der Waals surface area contributed by atoms with Crippen molar-refractivity contribution in [3.8, 4) is 0 Å². The fraction of sp³-hybridized carbons (Fsp3) is 0.318. The summed E-state index contributed by atoms with van der Waals surface area (Å²) in [5, 5.41) is 5.93. The van der Waals surface area contributed by atoms with Crippen molar-refractivity contribution in [2.24, 2.45) is 5.10 Å². The number of carbonyl (C=O) groups is 2. The molecule has 0 aromatic heterocycles. The molecule has 174 valence electrons. The molecule has 0 N–H and O–H groups in total. The fourth-order valence-corrected chi connectivity index (χ4v) is 5.26. The van der Waals surface area contributed by atoms with Crippen molar-refractivity contribution in [3.63, 3.8) is 0 Å². The minimum atomic E-state index is -3.68. The van der Waals surface area contributed by atoms with Crippen molar-refractivity contribution in [1.29, 1.82) is 0 Å². The topological polar surface area (TPSA) is 90.4 Å². The highest BCUT2D eigenvalue weighted by atomic mass is 35.5. The highest BCUT2D eigenvalue weighted by Gasteiger charge is 2.33. The highest BCUT2D eigenvalue weighted by molar-refractivity contribution is 7.89. The van der Waals surface area contributed by atoms with Gasteiger partial charge in [0.2, 0.25) is 15.9 Å². The minimum absolute atomic E-state index is 0.142. The van der Waals surface area contributed by atoms with E-state index in [2.05, 4.69) is 5.10 Å². The number of hydrogen-bond donors (Lipinski definition) is 0. The highest BCUT2D eigenvalue weighted by Crippen LogP contribution is 2.21. The number of halogens is 2. The van der Waals surface area contributed by atoms with Gasteiger partial charge < -0.3 is 4.90 Å². The van der Waals surface area contributed by atoms with Crippen LogP contribution in [-0.2, 0) is 26.2 Å². The third-order valence-corrected chi connectivity index (χ3v) is 7.74. The van der Waals surface area contributed by atoms with E-state index in [1.54, 1.807) is 17.0 Å². The normalized spacial score (nSPS) is 17.8. The summed E-state index contributed by atoms with van der Waals surface area (Å²) in [6.07, 6.45) is 0.373. The zero-order valence-corrected chi connectivity index (χ0v) is 19.2. The van der Waals surface area contributed by atoms with E-state index < -0.39 is 10.0 Å². The smallest absolute Gasteiger partial charge is 0.270 e. The molecule has 0 aliphatic carbocycles. The van der Waals surface area contributed by atoms with Crippen molar-refractivity contribution in [2.75, 3.05) is 26.2 Å². The predicted octanol–water partition coefficient (Wildman–Crippen LogP) is 2.49. The van der Waals surface area contributed by atoms with Crippen molar-refractivity contribution in [2.45, 2.75) is 24.3 Å². The molecule has 2 aliphatic heterocycles. The van der Waals surface area contributed by atoms with Gasteiger partial charge in [-0.2, -0.15) is 9.41 Å². The predicted molar refractivity (Wildman–Crippen MR) is 120 cm³/mol. The molecule has 0 bridgehead atoms. The molecule has 2 aliphatic rings. The van der Waals surface area contributed by atoms with Gasteiger partial charge in [0.15, 0.2) is 0 Å². The van der Waals surface area contributed by atoms with Crippen molar-refractivity contribution in [1.82, 2.24) is 14.2 Å². The van der Waals surface area contributed by atoms with Crippen LogP contribution < -0.4 is 0 Å². The van der Waals surface area contributed by atoms with E-state index in [9.17, 15) is 22.4 Å². The largest absolute Gasteiger partial charge is 0.335 e. The van der Waals surface area contributed by atoms with Gasteiger partial charge in [0.25, 0.3) is 5.91 Å². The fourth-order valence-electron chi connectivity index (χ4n) is 3.71. The SMILES string of the molecule is O=C(C1=NN(Cc2ccc(F)cc2)C(=O)CC1)N1CCN(S(=O)(=O)c2ccc(Cl)cc2)CC1. The van der Waals surface area contributed by atoms with Crippen molar-refractivity contribution in [3.05, 3.63) is 64.9 Å². The molecular formula is C22H22ClFN4O4S. The zero-order valence-electron chi connectivity index (χ0n) is 17.7. The van der Waals surface area contributed by atoms with Crippen LogP contribution in [0.15, 0.2) is 58.5 Å². The number of benzene rings is 2. The van der Waals surface area contributed by atoms with Gasteiger partial charge in [0, 0.05) is 44.0 Å². The lowest BCUT2D eigenvalue weighted by Gasteiger charge is -2.35. The van der Waals surface area contributed by atoms with Gasteiger partial charge >= 0.3 is 0 Å². The maximum atomic E-state index is 13.1. The van der Waals surface area contributed by atoms with E-state index >= 15 is 0 Å². The minimum Gasteiger partial charge on any atom is -0.335 e. The number of piperazine rings is 1. The Morgan fingerprint density at radius 1 is 0.970 bits per heavy atom. The molecule has 0 spiro atoms. The Kier molecular flexibility index (Phi) is 6.78. The molecule has 2 heterocycles. The Balaban J connectivity index is 1.40. The summed E-state index contributed by atoms with van der Waals surface area (Å²) in [5.74, 6) is -0.898. The number of rotatable bonds is 5. The summed E-state index contributed by atoms with van der Waals surface area (Å²) in [7, 11) is -3.68. The summed E-state index contributed by atoms with van der Waals surface area (Å²) < 4.78 is 40.1. The van der Waals surface area contributed by atoms with Crippen LogP contribution >= 0.6 is 11.6 Å². The average Bonchev–Trinajstić information content (AvgIpc) is 2.82. The van der Waals surface area contributed by atoms with Gasteiger partial charge in [-0.3, -0.25) is 9.59 Å². The lowest BCUT2D eigenvalue weighted by atomic mass is 10.1. The summed E-state index contributed by atoms with van der Waals surface area (Å²) >= 11 is 5.84. The van der Waals surface area contributed by atoms with Crippen molar-refractivity contribution >= 4 is 39.2 Å². The first kappa shape index (κ1) is 23.3. The summed E-state index contributed by atoms with van der Waals surface area (Å²) in [4.78, 5) is 27.0. The summed E-state index contributed by atoms with van der Waals surface area (Å²) in [5.41, 5.74) is 0.953. The maximum absolute atomic E-state index is 13.1. The number of carbonyl (C=O) groups excluding carboxylic acids is 2. The Morgan fingerprint density at radius 3 is 2.24 bits per heavy atom. The maximum Gasteiger partial charge on any atom is 0.270 e. The van der Waals surface area contributed by atoms with Gasteiger partial charge in [-0.1, -0.05) is 23.7 Å². The number of hydrogen-bond acceptors (Lipinski definition) is 5. The lowest BCUT2D eigenvalue weighted by Crippen LogP contribution is -2.52. The van der Waals surface area contributed by atoms with Crippen LogP contribution in [0.4, 0.5) is 4.39 Å². The Bertz CT molecular complexity index is 1180. The first-order chi connectivity index (χ1) is 15.7. The van der Waals surface area contributed by atoms with Crippen molar-refractivity contribution < 1.29 is 22.4 Å². The Morgan fingerprint density at radius 2 is 1.61 bits per heavy atom. The molecule has 1 saturated heterocycles. The van der Waals surface area contributed by atoms with E-state index in [0.29, 0.717) is 10.6 Å². The first-order valence-electron chi connectivity index (χ1n) is 10.4. The third kappa shape index (κ3) is 5.23. The lowest BCUT2D eigenvalue weighted by molar-refractivity contribution is -0.132. The van der Waals surface area contributed by atoms with Crippen LogP contribution in [0.2, 0.25) is 5.02 Å². The van der Waals surface area contributed by atoms with Crippen LogP contribution in [-0.4, -0.2) is 66.3 Å². The molecule has 0 atom stereocenters. The molecule has 2 aromatic rings. The molecule has 0 saturated carbocycles. The zero-order chi connectivity index (χ0) is 23.6. The molecule has 1 fully saturated rings. The Hall–Kier alpha value is -2.82. The molecule has 0 radical (unpaired) electrons. The molecule has 2 aromatic carbocycles. The number of amides is 2. The molecule has 4 rings (SSSR count). The second kappa shape index (κ2) is 9.58. The summed E-state index contributed by atoms with van der Waals surface area (Å²) in [6.45, 7) is 0.889. The van der Waals surface area contributed by atoms with Crippen LogP contribution in [0.3, 0.4) is 0 Å². The van der Waals surface area contributed by atoms with Gasteiger partial charge in [-0.15, -0.1) is 0 Å². The van der Waals surface area contributed by atoms with E-state index in [1.165, 1.54) is 45.7 Å². The monoisotopic (exact) mass is 492 g/mol. The number of sulfonamides is 1. The van der Waals surface area contributed by atoms with E-state index in [1.807, 2.05) is 0 Å². The Labute approximate surface area is 196 Å². The molecule has 11 heteroatoms. The number of nitrogens with zero attached hydrogens (tertiary/aromatic N) is 4. The van der Waals surface area contributed by atoms with E-state index in [0.717, 1.165) is 0 Å². The van der Waals surface area contributed by atoms with Gasteiger partial charge in [-0.05, 0) is 42.0 Å². The standard InChI is InChI=1S/C22H22ClFN4O4S/c23-17-3-7-19(8-4-17)33(31,32)27-13-11-26(12-14-27)22(30)20-9-10-21(29)28(25-20)15-16-1-5-18(24)6-2-16/h1-8H,9-15H2. The van der Waals surface area contributed by atoms with E-state index in [-0.39, 0.29) is 73.8 Å². The average molecular weight is 493 g/mol. The second-order valence-corrected chi connectivity index (χ2v) is 10.1. The quantitative estimate of drug-likeness (QED) is 0.641. The number of hydrazone groups is 1. The molecule has 33 heavy (non-hydrogen) atoms. The first-order valence-corrected chi connectivity index (χ1v) is 12.2. The molecule has 8 nitrogen and oxygen atoms in total. The van der Waals surface area contributed by atoms with Crippen LogP contribution in [0.1, 0.15) is 18.4 Å². The second-order valence-electron chi connectivity index (χ2n) is 7.77. The van der Waals surface area contributed by atoms with Gasteiger partial charge in [0.05, 0.1) is 11.4 Å². The van der Waals surface area contributed by atoms with Crippen LogP contribution in [0.25, 0.3) is 0 Å². The van der Waals surface area contributed by atoms with Crippen LogP contribution in [0, 0.1) is 5.82 Å².